The van der Waals surface area contributed by atoms with Crippen LogP contribution in [0.15, 0.2) is 193 Å². The van der Waals surface area contributed by atoms with E-state index in [4.69, 9.17) is 14.4 Å². The van der Waals surface area contributed by atoms with E-state index in [1.807, 2.05) is 12.4 Å². The first kappa shape index (κ1) is 31.3. The maximum Gasteiger partial charge on any atom is 0.234 e. The molecular weight excluding hydrogens is 711 g/mol. The second kappa shape index (κ2) is 11.8. The first-order valence-corrected chi connectivity index (χ1v) is 19.6. The molecule has 0 amide bonds. The lowest BCUT2D eigenvalue weighted by Gasteiger charge is -2.10. The van der Waals surface area contributed by atoms with Crippen LogP contribution in [0, 0.1) is 0 Å². The van der Waals surface area contributed by atoms with Crippen LogP contribution in [0.3, 0.4) is 0 Å². The minimum Gasteiger partial charge on any atom is -0.456 e. The van der Waals surface area contributed by atoms with Crippen LogP contribution in [-0.4, -0.2) is 23.7 Å². The summed E-state index contributed by atoms with van der Waals surface area (Å²) in [5, 5.41) is 9.41. The lowest BCUT2D eigenvalue weighted by atomic mass is 10.0. The lowest BCUT2D eigenvalue weighted by molar-refractivity contribution is 0.669. The highest BCUT2D eigenvalue weighted by Crippen LogP contribution is 2.39. The molecule has 13 aromatic rings. The van der Waals surface area contributed by atoms with E-state index in [0.29, 0.717) is 5.95 Å². The summed E-state index contributed by atoms with van der Waals surface area (Å²) >= 11 is 0. The molecule has 0 bridgehead atoms. The van der Waals surface area contributed by atoms with Gasteiger partial charge in [-0.3, -0.25) is 4.57 Å². The first-order chi connectivity index (χ1) is 28.8. The number of benzene rings is 8. The molecule has 0 fully saturated rings. The normalized spacial score (nSPS) is 12.1. The maximum atomic E-state index is 6.42. The Bertz CT molecular complexity index is 3700. The smallest absolute Gasteiger partial charge is 0.234 e. The average Bonchev–Trinajstić information content (AvgIpc) is 4.02. The summed E-state index contributed by atoms with van der Waals surface area (Å²) in [5.41, 5.74) is 12.8. The Kier molecular flexibility index (Phi) is 6.35. The van der Waals surface area contributed by atoms with Gasteiger partial charge in [0, 0.05) is 48.8 Å². The summed E-state index contributed by atoms with van der Waals surface area (Å²) in [6, 6.07) is 62.6. The summed E-state index contributed by atoms with van der Waals surface area (Å²) in [6.07, 6.45) is 3.88. The Morgan fingerprint density at radius 2 is 0.707 bits per heavy atom. The third-order valence-electron chi connectivity index (χ3n) is 12.0. The second-order valence-electron chi connectivity index (χ2n) is 15.1. The third-order valence-corrected chi connectivity index (χ3v) is 12.0. The molecule has 6 nitrogen and oxygen atoms in total. The third kappa shape index (κ3) is 4.37. The predicted octanol–water partition coefficient (Wildman–Crippen LogP) is 13.3. The van der Waals surface area contributed by atoms with Crippen LogP contribution in [0.5, 0.6) is 0 Å². The molecule has 0 spiro atoms. The van der Waals surface area contributed by atoms with Gasteiger partial charge in [0.05, 0.1) is 51.2 Å². The largest absolute Gasteiger partial charge is 0.456 e. The van der Waals surface area contributed by atoms with Gasteiger partial charge in [0.1, 0.15) is 11.2 Å². The maximum absolute atomic E-state index is 6.42. The van der Waals surface area contributed by atoms with Crippen LogP contribution in [0.2, 0.25) is 0 Å². The van der Waals surface area contributed by atoms with Crippen LogP contribution in [0.25, 0.3) is 116 Å². The molecular formula is C52H31N5O. The fourth-order valence-corrected chi connectivity index (χ4v) is 9.40. The molecule has 0 saturated carbocycles. The number of rotatable bonds is 4. The van der Waals surface area contributed by atoms with Crippen molar-refractivity contribution in [1.29, 1.82) is 0 Å². The molecule has 0 aliphatic rings. The zero-order chi connectivity index (χ0) is 37.9. The summed E-state index contributed by atoms with van der Waals surface area (Å²) in [4.78, 5) is 9.96. The highest BCUT2D eigenvalue weighted by molar-refractivity contribution is 6.13. The Morgan fingerprint density at radius 3 is 1.26 bits per heavy atom. The summed E-state index contributed by atoms with van der Waals surface area (Å²) < 4.78 is 13.2. The molecule has 270 valence electrons. The molecule has 6 heteroatoms. The lowest BCUT2D eigenvalue weighted by Crippen LogP contribution is -2.03. The van der Waals surface area contributed by atoms with Crippen molar-refractivity contribution in [1.82, 2.24) is 23.7 Å². The minimum atomic E-state index is 0.647. The number of para-hydroxylation sites is 5. The molecule has 0 radical (unpaired) electrons. The highest BCUT2D eigenvalue weighted by Gasteiger charge is 2.18. The first-order valence-electron chi connectivity index (χ1n) is 19.6. The molecule has 8 aromatic carbocycles. The summed E-state index contributed by atoms with van der Waals surface area (Å²) in [6.45, 7) is 0. The van der Waals surface area contributed by atoms with E-state index in [9.17, 15) is 0 Å². The molecule has 0 aliphatic heterocycles. The van der Waals surface area contributed by atoms with E-state index in [2.05, 4.69) is 190 Å². The van der Waals surface area contributed by atoms with Crippen molar-refractivity contribution in [2.24, 2.45) is 0 Å². The van der Waals surface area contributed by atoms with Crippen molar-refractivity contribution in [3.8, 4) is 28.5 Å². The van der Waals surface area contributed by atoms with Gasteiger partial charge in [-0.2, -0.15) is 0 Å². The number of furan rings is 1. The average molecular weight is 742 g/mol. The molecule has 13 rings (SSSR count). The highest BCUT2D eigenvalue weighted by atomic mass is 16.3. The quantitative estimate of drug-likeness (QED) is 0.180. The van der Waals surface area contributed by atoms with Crippen LogP contribution >= 0.6 is 0 Å². The number of hydrogen-bond acceptors (Lipinski definition) is 3. The van der Waals surface area contributed by atoms with Crippen molar-refractivity contribution < 1.29 is 4.42 Å². The summed E-state index contributed by atoms with van der Waals surface area (Å²) in [7, 11) is 0. The van der Waals surface area contributed by atoms with E-state index in [1.165, 1.54) is 43.4 Å². The van der Waals surface area contributed by atoms with Gasteiger partial charge in [-0.1, -0.05) is 103 Å². The van der Waals surface area contributed by atoms with Gasteiger partial charge >= 0.3 is 0 Å². The van der Waals surface area contributed by atoms with Crippen molar-refractivity contribution >= 4 is 87.4 Å². The standard InChI is InChI=1S/C52H31N5O/c1-6-16-44-36(11-1)37-12-2-7-17-45(37)55(44)34-23-26-51-43(29-34)42-28-33(22-25-50(42)58-51)32-21-24-49-41(27-32)40-15-5-8-18-46(40)56(49)35-30-53-52(54-31-35)57-47-19-9-3-13-38(47)39-14-4-10-20-48(39)57/h1-31H. The van der Waals surface area contributed by atoms with Crippen molar-refractivity contribution in [2.75, 3.05) is 0 Å². The Morgan fingerprint density at radius 1 is 0.310 bits per heavy atom. The van der Waals surface area contributed by atoms with Gasteiger partial charge < -0.3 is 13.6 Å². The SMILES string of the molecule is c1ccc2c(c1)c1ccccc1n2-c1ccc2oc3ccc(-c4ccc5c(c4)c4ccccc4n5-c4cnc(-n5c6ccccc6c6ccccc65)nc4)cc3c2c1. The minimum absolute atomic E-state index is 0.647. The van der Waals surface area contributed by atoms with Crippen LogP contribution in [0.4, 0.5) is 0 Å². The second-order valence-corrected chi connectivity index (χ2v) is 15.1. The van der Waals surface area contributed by atoms with E-state index in [-0.39, 0.29) is 0 Å². The van der Waals surface area contributed by atoms with Gasteiger partial charge in [0.25, 0.3) is 0 Å². The van der Waals surface area contributed by atoms with E-state index < -0.39 is 0 Å². The number of aromatic nitrogens is 5. The van der Waals surface area contributed by atoms with E-state index in [1.54, 1.807) is 0 Å². The van der Waals surface area contributed by atoms with Gasteiger partial charge in [-0.15, -0.1) is 0 Å². The Labute approximate surface area is 331 Å². The molecule has 5 aromatic heterocycles. The number of fused-ring (bicyclic) bond motifs is 12. The number of hydrogen-bond donors (Lipinski definition) is 0. The fraction of sp³-hybridized carbons (Fsp3) is 0. The zero-order valence-corrected chi connectivity index (χ0v) is 31.0. The van der Waals surface area contributed by atoms with E-state index in [0.717, 1.165) is 66.5 Å². The monoisotopic (exact) mass is 741 g/mol. The Hall–Kier alpha value is -7.96. The predicted molar refractivity (Wildman–Crippen MR) is 238 cm³/mol. The van der Waals surface area contributed by atoms with Gasteiger partial charge in [0.15, 0.2) is 0 Å². The Balaban J connectivity index is 0.930. The van der Waals surface area contributed by atoms with Crippen LogP contribution < -0.4 is 0 Å². The van der Waals surface area contributed by atoms with Gasteiger partial charge in [-0.05, 0) is 83.9 Å². The van der Waals surface area contributed by atoms with Crippen molar-refractivity contribution in [3.05, 3.63) is 188 Å². The van der Waals surface area contributed by atoms with Crippen molar-refractivity contribution in [2.45, 2.75) is 0 Å². The van der Waals surface area contributed by atoms with Crippen LogP contribution in [0.1, 0.15) is 0 Å². The number of nitrogens with zero attached hydrogens (tertiary/aromatic N) is 5. The molecule has 0 atom stereocenters. The fourth-order valence-electron chi connectivity index (χ4n) is 9.40. The van der Waals surface area contributed by atoms with Gasteiger partial charge in [-0.25, -0.2) is 9.97 Å². The molecule has 0 unspecified atom stereocenters. The van der Waals surface area contributed by atoms with Gasteiger partial charge in [0.2, 0.25) is 5.95 Å². The zero-order valence-electron chi connectivity index (χ0n) is 31.0. The summed E-state index contributed by atoms with van der Waals surface area (Å²) in [5.74, 6) is 0.647. The topological polar surface area (TPSA) is 53.7 Å². The molecule has 0 N–H and O–H groups in total. The van der Waals surface area contributed by atoms with Crippen LogP contribution in [-0.2, 0) is 0 Å². The molecule has 0 saturated heterocycles. The van der Waals surface area contributed by atoms with Crippen molar-refractivity contribution in [3.63, 3.8) is 0 Å². The molecule has 5 heterocycles. The molecule has 58 heavy (non-hydrogen) atoms. The molecule has 0 aliphatic carbocycles. The van der Waals surface area contributed by atoms with E-state index >= 15 is 0 Å².